The number of hydrogen-bond donors (Lipinski definition) is 1. The second-order valence-electron chi connectivity index (χ2n) is 4.59. The lowest BCUT2D eigenvalue weighted by atomic mass is 10.0. The minimum Gasteiger partial charge on any atom is -0.380 e. The summed E-state index contributed by atoms with van der Waals surface area (Å²) < 4.78 is 5.44. The average molecular weight is 250 g/mol. The molecule has 0 bridgehead atoms. The third-order valence-electron chi connectivity index (χ3n) is 2.97. The van der Waals surface area contributed by atoms with Crippen molar-refractivity contribution in [2.24, 2.45) is 5.73 Å². The number of ether oxygens (including phenoxy) is 1. The van der Waals surface area contributed by atoms with E-state index in [-0.39, 0.29) is 6.04 Å². The first-order valence-electron chi connectivity index (χ1n) is 6.85. The van der Waals surface area contributed by atoms with Crippen molar-refractivity contribution in [2.45, 2.75) is 33.2 Å². The average Bonchev–Trinajstić information content (AvgIpc) is 2.35. The Bertz CT molecular complexity index is 339. The first kappa shape index (κ1) is 15.0. The molecule has 0 spiro atoms. The molecule has 1 aromatic carbocycles. The minimum absolute atomic E-state index is 0.191. The van der Waals surface area contributed by atoms with Gasteiger partial charge in [-0.25, -0.2) is 0 Å². The van der Waals surface area contributed by atoms with E-state index in [1.54, 1.807) is 0 Å². The van der Waals surface area contributed by atoms with Crippen molar-refractivity contribution >= 4 is 5.69 Å². The molecule has 3 heteroatoms. The molecule has 102 valence electrons. The van der Waals surface area contributed by atoms with Gasteiger partial charge < -0.3 is 15.4 Å². The van der Waals surface area contributed by atoms with E-state index < -0.39 is 0 Å². The van der Waals surface area contributed by atoms with Crippen LogP contribution >= 0.6 is 0 Å². The van der Waals surface area contributed by atoms with Gasteiger partial charge in [0.1, 0.15) is 0 Å². The molecule has 0 amide bonds. The number of likely N-dealkylation sites (N-methyl/N-ethyl adjacent to an activating group) is 1. The number of benzene rings is 1. The van der Waals surface area contributed by atoms with E-state index >= 15 is 0 Å². The fraction of sp³-hybridized carbons (Fsp3) is 0.600. The highest BCUT2D eigenvalue weighted by molar-refractivity contribution is 5.53. The molecule has 0 aliphatic heterocycles. The number of hydrogen-bond acceptors (Lipinski definition) is 3. The van der Waals surface area contributed by atoms with Gasteiger partial charge in [-0.3, -0.25) is 0 Å². The van der Waals surface area contributed by atoms with Crippen LogP contribution in [0, 0.1) is 0 Å². The smallest absolute Gasteiger partial charge is 0.0641 e. The zero-order chi connectivity index (χ0) is 13.4. The van der Waals surface area contributed by atoms with Gasteiger partial charge in [0.2, 0.25) is 0 Å². The van der Waals surface area contributed by atoms with Crippen LogP contribution in [-0.2, 0) is 11.2 Å². The molecule has 0 aliphatic carbocycles. The van der Waals surface area contributed by atoms with Gasteiger partial charge in [-0.2, -0.15) is 0 Å². The fourth-order valence-corrected chi connectivity index (χ4v) is 2.11. The van der Waals surface area contributed by atoms with E-state index in [9.17, 15) is 0 Å². The second-order valence-corrected chi connectivity index (χ2v) is 4.59. The summed E-state index contributed by atoms with van der Waals surface area (Å²) in [6.45, 7) is 9.72. The minimum atomic E-state index is 0.191. The zero-order valence-electron chi connectivity index (χ0n) is 11.9. The van der Waals surface area contributed by atoms with Crippen molar-refractivity contribution in [1.29, 1.82) is 0 Å². The largest absolute Gasteiger partial charge is 0.380 e. The molecule has 1 unspecified atom stereocenters. The summed E-state index contributed by atoms with van der Waals surface area (Å²) in [5, 5.41) is 0. The first-order chi connectivity index (χ1) is 8.69. The van der Waals surface area contributed by atoms with Gasteiger partial charge in [0.05, 0.1) is 6.61 Å². The van der Waals surface area contributed by atoms with Crippen LogP contribution in [0.5, 0.6) is 0 Å². The summed E-state index contributed by atoms with van der Waals surface area (Å²) in [5.41, 5.74) is 8.53. The SMILES string of the molecule is CCOCCN(CC)c1ccccc1CC(C)N. The van der Waals surface area contributed by atoms with E-state index in [1.807, 2.05) is 13.8 Å². The second kappa shape index (κ2) is 8.11. The molecular formula is C15H26N2O. The first-order valence-corrected chi connectivity index (χ1v) is 6.85. The summed E-state index contributed by atoms with van der Waals surface area (Å²) in [6.07, 6.45) is 0.918. The van der Waals surface area contributed by atoms with Crippen LogP contribution in [0.1, 0.15) is 26.3 Å². The van der Waals surface area contributed by atoms with E-state index in [0.29, 0.717) is 0 Å². The Morgan fingerprint density at radius 1 is 1.28 bits per heavy atom. The maximum absolute atomic E-state index is 5.91. The van der Waals surface area contributed by atoms with Gasteiger partial charge >= 0.3 is 0 Å². The molecule has 1 atom stereocenters. The highest BCUT2D eigenvalue weighted by atomic mass is 16.5. The summed E-state index contributed by atoms with van der Waals surface area (Å²) in [6, 6.07) is 8.70. The van der Waals surface area contributed by atoms with E-state index in [4.69, 9.17) is 10.5 Å². The maximum Gasteiger partial charge on any atom is 0.0641 e. The Hall–Kier alpha value is -1.06. The van der Waals surface area contributed by atoms with Crippen molar-refractivity contribution in [3.8, 4) is 0 Å². The number of rotatable bonds is 8. The van der Waals surface area contributed by atoms with Gasteiger partial charge in [-0.05, 0) is 38.8 Å². The molecule has 1 rings (SSSR count). The van der Waals surface area contributed by atoms with Crippen LogP contribution in [0.3, 0.4) is 0 Å². The molecular weight excluding hydrogens is 224 g/mol. The Balaban J connectivity index is 2.77. The topological polar surface area (TPSA) is 38.5 Å². The third kappa shape index (κ3) is 4.67. The molecule has 1 aromatic rings. The molecule has 0 aromatic heterocycles. The highest BCUT2D eigenvalue weighted by Gasteiger charge is 2.10. The lowest BCUT2D eigenvalue weighted by Crippen LogP contribution is -2.29. The van der Waals surface area contributed by atoms with Crippen LogP contribution in [-0.4, -0.2) is 32.3 Å². The van der Waals surface area contributed by atoms with Crippen molar-refractivity contribution in [3.63, 3.8) is 0 Å². The molecule has 0 saturated carbocycles. The number of para-hydroxylation sites is 1. The highest BCUT2D eigenvalue weighted by Crippen LogP contribution is 2.21. The molecule has 0 radical (unpaired) electrons. The predicted octanol–water partition coefficient (Wildman–Crippen LogP) is 2.44. The van der Waals surface area contributed by atoms with Crippen molar-refractivity contribution < 1.29 is 4.74 Å². The van der Waals surface area contributed by atoms with Crippen molar-refractivity contribution in [2.75, 3.05) is 31.2 Å². The fourth-order valence-electron chi connectivity index (χ4n) is 2.11. The van der Waals surface area contributed by atoms with Gasteiger partial charge in [-0.1, -0.05) is 18.2 Å². The molecule has 2 N–H and O–H groups in total. The monoisotopic (exact) mass is 250 g/mol. The Labute approximate surface area is 111 Å². The van der Waals surface area contributed by atoms with Gasteiger partial charge in [0, 0.05) is 31.4 Å². The van der Waals surface area contributed by atoms with Crippen molar-refractivity contribution in [1.82, 2.24) is 0 Å². The Kier molecular flexibility index (Phi) is 6.76. The molecule has 0 saturated heterocycles. The third-order valence-corrected chi connectivity index (χ3v) is 2.97. The molecule has 0 heterocycles. The number of nitrogens with zero attached hydrogens (tertiary/aromatic N) is 1. The maximum atomic E-state index is 5.91. The molecule has 18 heavy (non-hydrogen) atoms. The Morgan fingerprint density at radius 3 is 2.61 bits per heavy atom. The normalized spacial score (nSPS) is 12.4. The van der Waals surface area contributed by atoms with E-state index in [1.165, 1.54) is 11.3 Å². The van der Waals surface area contributed by atoms with Crippen molar-refractivity contribution in [3.05, 3.63) is 29.8 Å². The van der Waals surface area contributed by atoms with Crippen LogP contribution in [0.4, 0.5) is 5.69 Å². The van der Waals surface area contributed by atoms with Gasteiger partial charge in [0.25, 0.3) is 0 Å². The summed E-state index contributed by atoms with van der Waals surface area (Å²) in [4.78, 5) is 2.35. The quantitative estimate of drug-likeness (QED) is 0.720. The van der Waals surface area contributed by atoms with Crippen LogP contribution in [0.25, 0.3) is 0 Å². The lowest BCUT2D eigenvalue weighted by Gasteiger charge is -2.26. The molecule has 3 nitrogen and oxygen atoms in total. The predicted molar refractivity (Wildman–Crippen MR) is 78.2 cm³/mol. The van der Waals surface area contributed by atoms with E-state index in [2.05, 4.69) is 36.1 Å². The Morgan fingerprint density at radius 2 is 2.00 bits per heavy atom. The summed E-state index contributed by atoms with van der Waals surface area (Å²) in [7, 11) is 0. The van der Waals surface area contributed by atoms with Crippen LogP contribution < -0.4 is 10.6 Å². The van der Waals surface area contributed by atoms with Gasteiger partial charge in [-0.15, -0.1) is 0 Å². The number of anilines is 1. The number of nitrogens with two attached hydrogens (primary N) is 1. The lowest BCUT2D eigenvalue weighted by molar-refractivity contribution is 0.154. The summed E-state index contributed by atoms with van der Waals surface area (Å²) in [5.74, 6) is 0. The summed E-state index contributed by atoms with van der Waals surface area (Å²) >= 11 is 0. The van der Waals surface area contributed by atoms with Gasteiger partial charge in [0.15, 0.2) is 0 Å². The molecule has 0 aliphatic rings. The standard InChI is InChI=1S/C15H26N2O/c1-4-17(10-11-18-5-2)15-9-7-6-8-14(15)12-13(3)16/h6-9,13H,4-5,10-12,16H2,1-3H3. The zero-order valence-corrected chi connectivity index (χ0v) is 11.9. The molecule has 0 fully saturated rings. The van der Waals surface area contributed by atoms with E-state index in [0.717, 1.165) is 32.7 Å². The van der Waals surface area contributed by atoms with Crippen LogP contribution in [0.2, 0.25) is 0 Å². The van der Waals surface area contributed by atoms with Crippen LogP contribution in [0.15, 0.2) is 24.3 Å².